The summed E-state index contributed by atoms with van der Waals surface area (Å²) in [6.45, 7) is 4.50. The predicted molar refractivity (Wildman–Crippen MR) is 225 cm³/mol. The monoisotopic (exact) mass is 811 g/mol. The molecular weight excluding hydrogens is 729 g/mol. The summed E-state index contributed by atoms with van der Waals surface area (Å²) in [7, 11) is -7.80. The first-order valence-electron chi connectivity index (χ1n) is 22.1. The fraction of sp³-hybridized carbons (Fsp3) is 0.952. The second-order valence-electron chi connectivity index (χ2n) is 15.2. The Morgan fingerprint density at radius 1 is 0.358 bits per heavy atom. The molecule has 53 heavy (non-hydrogen) atoms. The normalized spacial score (nSPS) is 12.0. The topological polar surface area (TPSA) is 121 Å². The molecule has 0 spiro atoms. The molecule has 0 radical (unpaired) electrons. The molecule has 8 nitrogen and oxygen atoms in total. The van der Waals surface area contributed by atoms with Crippen LogP contribution in [0.15, 0.2) is 0 Å². The quantitative estimate of drug-likeness (QED) is 0.0438. The number of carbonyl (C=O) groups excluding carboxylic acids is 2. The number of carbonyl (C=O) groups is 2. The van der Waals surface area contributed by atoms with Gasteiger partial charge in [-0.2, -0.15) is 28.6 Å². The van der Waals surface area contributed by atoms with E-state index in [2.05, 4.69) is 13.8 Å². The van der Waals surface area contributed by atoms with Gasteiger partial charge in [0.2, 0.25) is 0 Å². The van der Waals surface area contributed by atoms with Crippen molar-refractivity contribution in [2.24, 2.45) is 0 Å². The van der Waals surface area contributed by atoms with Gasteiger partial charge in [0.05, 0.1) is 24.3 Å². The third-order valence-electron chi connectivity index (χ3n) is 9.84. The second-order valence-corrected chi connectivity index (χ2v) is 19.8. The molecule has 0 saturated carbocycles. The lowest BCUT2D eigenvalue weighted by molar-refractivity contribution is -0.134. The zero-order valence-electron chi connectivity index (χ0n) is 34.4. The van der Waals surface area contributed by atoms with Crippen molar-refractivity contribution < 1.29 is 34.8 Å². The van der Waals surface area contributed by atoms with E-state index in [1.54, 1.807) is 0 Å². The van der Waals surface area contributed by atoms with Gasteiger partial charge in [0.25, 0.3) is 0 Å². The van der Waals surface area contributed by atoms with E-state index in [-0.39, 0.29) is 35.9 Å². The zero-order valence-corrected chi connectivity index (χ0v) is 36.8. The molecule has 0 rings (SSSR count). The highest BCUT2D eigenvalue weighted by atomic mass is 32.2. The third kappa shape index (κ3) is 40.7. The number of hydrogen-bond donors (Lipinski definition) is 0. The van der Waals surface area contributed by atoms with Crippen LogP contribution >= 0.6 is 11.8 Å². The molecule has 0 N–H and O–H groups in total. The maximum absolute atomic E-state index is 12.2. The van der Waals surface area contributed by atoms with Gasteiger partial charge in [-0.15, -0.1) is 0 Å². The van der Waals surface area contributed by atoms with Gasteiger partial charge in [0.15, 0.2) is 0 Å². The Balaban J connectivity index is 3.65. The number of thioether (sulfide) groups is 1. The molecule has 0 saturated heterocycles. The molecule has 0 aliphatic heterocycles. The summed E-state index contributed by atoms with van der Waals surface area (Å²) in [5, 5.41) is 0. The zero-order chi connectivity index (χ0) is 39.1. The van der Waals surface area contributed by atoms with Crippen LogP contribution in [0.5, 0.6) is 0 Å². The summed E-state index contributed by atoms with van der Waals surface area (Å²) < 4.78 is 58.1. The fourth-order valence-corrected chi connectivity index (χ4v) is 9.36. The number of unbranched alkanes of at least 4 members (excludes halogenated alkanes) is 30. The first-order valence-corrected chi connectivity index (χ1v) is 26.4. The molecule has 0 fully saturated rings. The van der Waals surface area contributed by atoms with Crippen molar-refractivity contribution in [3.05, 3.63) is 0 Å². The van der Waals surface area contributed by atoms with Crippen LogP contribution in [0.25, 0.3) is 0 Å². The van der Waals surface area contributed by atoms with E-state index in [9.17, 15) is 26.4 Å². The average molecular weight is 811 g/mol. The smallest absolute Gasteiger partial charge is 0.322 e. The van der Waals surface area contributed by atoms with Crippen molar-refractivity contribution in [3.63, 3.8) is 0 Å². The molecule has 0 aliphatic rings. The Kier molecular flexibility index (Phi) is 37.5. The predicted octanol–water partition coefficient (Wildman–Crippen LogP) is 12.8. The van der Waals surface area contributed by atoms with E-state index >= 15 is 0 Å². The highest BCUT2D eigenvalue weighted by Crippen LogP contribution is 2.16. The molecule has 0 aliphatic carbocycles. The summed E-state index contributed by atoms with van der Waals surface area (Å²) in [6, 6.07) is 0. The lowest BCUT2D eigenvalue weighted by Crippen LogP contribution is -2.17. The number of hydrogen-bond acceptors (Lipinski definition) is 9. The maximum atomic E-state index is 12.2. The van der Waals surface area contributed by atoms with Crippen molar-refractivity contribution in [1.29, 1.82) is 0 Å². The molecule has 0 aromatic rings. The molecule has 316 valence electrons. The third-order valence-corrected chi connectivity index (χ3v) is 13.3. The van der Waals surface area contributed by atoms with Crippen molar-refractivity contribution >= 4 is 43.9 Å². The van der Waals surface area contributed by atoms with Crippen LogP contribution in [0.3, 0.4) is 0 Å². The minimum absolute atomic E-state index is 0.102. The number of rotatable bonds is 42. The average Bonchev–Trinajstić information content (AvgIpc) is 3.10. The Morgan fingerprint density at radius 3 is 0.792 bits per heavy atom. The first kappa shape index (κ1) is 52.2. The van der Waals surface area contributed by atoms with Crippen LogP contribution < -0.4 is 0 Å². The van der Waals surface area contributed by atoms with Crippen LogP contribution in [0.2, 0.25) is 0 Å². The van der Waals surface area contributed by atoms with E-state index < -0.39 is 32.2 Å². The van der Waals surface area contributed by atoms with Crippen molar-refractivity contribution in [1.82, 2.24) is 0 Å². The Morgan fingerprint density at radius 2 is 0.566 bits per heavy atom. The van der Waals surface area contributed by atoms with Crippen LogP contribution in [-0.2, 0) is 38.2 Å². The van der Waals surface area contributed by atoms with E-state index in [1.165, 1.54) is 166 Å². The van der Waals surface area contributed by atoms with Crippen LogP contribution in [-0.4, -0.2) is 51.8 Å². The van der Waals surface area contributed by atoms with Gasteiger partial charge in [0.1, 0.15) is 0 Å². The van der Waals surface area contributed by atoms with E-state index in [1.807, 2.05) is 0 Å². The molecule has 0 bridgehead atoms. The van der Waals surface area contributed by atoms with Gasteiger partial charge in [-0.1, -0.05) is 206 Å². The van der Waals surface area contributed by atoms with Crippen LogP contribution in [0.1, 0.15) is 232 Å². The van der Waals surface area contributed by atoms with Gasteiger partial charge in [-0.3, -0.25) is 9.59 Å². The minimum Gasteiger partial charge on any atom is -0.346 e. The SMILES string of the molecule is CCCCCCCCCCCCCCCCCCS(=O)(=O)OC(=O)CCSCCC(=O)OS(=O)(=O)CCCCCCCCCCCCCCCCCC. The minimum atomic E-state index is -3.90. The Bertz CT molecular complexity index is 965. The largest absolute Gasteiger partial charge is 0.346 e. The maximum Gasteiger partial charge on any atom is 0.322 e. The molecule has 0 aromatic carbocycles. The van der Waals surface area contributed by atoms with Gasteiger partial charge < -0.3 is 8.37 Å². The van der Waals surface area contributed by atoms with E-state index in [0.29, 0.717) is 12.8 Å². The van der Waals surface area contributed by atoms with Gasteiger partial charge in [-0.05, 0) is 12.8 Å². The summed E-state index contributed by atoms with van der Waals surface area (Å²) in [5.74, 6) is -1.40. The molecule has 0 atom stereocenters. The molecule has 0 unspecified atom stereocenters. The second kappa shape index (κ2) is 38.1. The summed E-state index contributed by atoms with van der Waals surface area (Å²) in [4.78, 5) is 24.0. The van der Waals surface area contributed by atoms with E-state index in [4.69, 9.17) is 8.37 Å². The molecule has 0 aromatic heterocycles. The Labute approximate surface area is 332 Å². The summed E-state index contributed by atoms with van der Waals surface area (Å²) in [6.07, 6.45) is 38.3. The first-order chi connectivity index (χ1) is 25.6. The lowest BCUT2D eigenvalue weighted by Gasteiger charge is -2.07. The summed E-state index contributed by atoms with van der Waals surface area (Å²) in [5.41, 5.74) is 0. The van der Waals surface area contributed by atoms with Crippen LogP contribution in [0, 0.1) is 0 Å². The van der Waals surface area contributed by atoms with Gasteiger partial charge in [0, 0.05) is 11.5 Å². The standard InChI is InChI=1S/C42H82O8S3/c1-3-5-7-9-11-13-15-17-19-21-23-25-27-29-31-33-39-52(45,46)49-41(43)35-37-51-38-36-42(44)50-53(47,48)40-34-32-30-28-26-24-22-20-18-16-14-12-10-8-6-4-2/h3-40H2,1-2H3. The van der Waals surface area contributed by atoms with Gasteiger partial charge >= 0.3 is 32.2 Å². The van der Waals surface area contributed by atoms with Crippen molar-refractivity contribution in [2.45, 2.75) is 232 Å². The Hall–Kier alpha value is -0.810. The molecule has 11 heteroatoms. The summed E-state index contributed by atoms with van der Waals surface area (Å²) >= 11 is 1.25. The van der Waals surface area contributed by atoms with Crippen molar-refractivity contribution in [2.75, 3.05) is 23.0 Å². The lowest BCUT2D eigenvalue weighted by atomic mass is 10.0. The van der Waals surface area contributed by atoms with Gasteiger partial charge in [-0.25, -0.2) is 0 Å². The van der Waals surface area contributed by atoms with E-state index in [0.717, 1.165) is 38.5 Å². The molecular formula is C42H82O8S3. The highest BCUT2D eigenvalue weighted by Gasteiger charge is 2.18. The van der Waals surface area contributed by atoms with Crippen molar-refractivity contribution in [3.8, 4) is 0 Å². The fourth-order valence-electron chi connectivity index (χ4n) is 6.52. The molecule has 0 heterocycles. The molecule has 0 amide bonds. The highest BCUT2D eigenvalue weighted by molar-refractivity contribution is 7.99. The van der Waals surface area contributed by atoms with Crippen LogP contribution in [0.4, 0.5) is 0 Å².